The summed E-state index contributed by atoms with van der Waals surface area (Å²) >= 11 is 1.91. The van der Waals surface area contributed by atoms with E-state index in [9.17, 15) is 4.79 Å². The smallest absolute Gasteiger partial charge is 0.221 e. The Bertz CT molecular complexity index is 433. The molecule has 1 amide bonds. The molecule has 1 aromatic rings. The van der Waals surface area contributed by atoms with Gasteiger partial charge in [-0.2, -0.15) is 0 Å². The van der Waals surface area contributed by atoms with Gasteiger partial charge in [-0.05, 0) is 62.2 Å². The summed E-state index contributed by atoms with van der Waals surface area (Å²) in [6.07, 6.45) is 5.35. The summed E-state index contributed by atoms with van der Waals surface area (Å²) in [7, 11) is 2.08. The molecule has 2 unspecified atom stereocenters. The summed E-state index contributed by atoms with van der Waals surface area (Å²) in [5.74, 6) is 1.98. The fourth-order valence-electron chi connectivity index (χ4n) is 2.93. The predicted molar refractivity (Wildman–Crippen MR) is 86.3 cm³/mol. The van der Waals surface area contributed by atoms with Gasteiger partial charge in [0.05, 0.1) is 0 Å². The van der Waals surface area contributed by atoms with E-state index in [0.717, 1.165) is 17.6 Å². The molecule has 20 heavy (non-hydrogen) atoms. The van der Waals surface area contributed by atoms with Crippen molar-refractivity contribution in [3.05, 3.63) is 24.3 Å². The Morgan fingerprint density at radius 1 is 1.30 bits per heavy atom. The van der Waals surface area contributed by atoms with Gasteiger partial charge in [-0.3, -0.25) is 4.79 Å². The average Bonchev–Trinajstić information content (AvgIpc) is 2.87. The Hall–Kier alpha value is -1.00. The van der Waals surface area contributed by atoms with Crippen molar-refractivity contribution in [2.24, 2.45) is 5.92 Å². The van der Waals surface area contributed by atoms with Crippen LogP contribution in [0.2, 0.25) is 0 Å². The first kappa shape index (κ1) is 15.4. The largest absolute Gasteiger partial charge is 0.326 e. The van der Waals surface area contributed by atoms with Gasteiger partial charge in [-0.15, -0.1) is 11.8 Å². The van der Waals surface area contributed by atoms with E-state index in [1.165, 1.54) is 43.3 Å². The molecule has 0 heterocycles. The monoisotopic (exact) mass is 292 g/mol. The third kappa shape index (κ3) is 4.53. The summed E-state index contributed by atoms with van der Waals surface area (Å²) in [6.45, 7) is 1.53. The van der Waals surface area contributed by atoms with Crippen LogP contribution in [0, 0.1) is 5.92 Å². The van der Waals surface area contributed by atoms with Gasteiger partial charge < -0.3 is 10.6 Å². The molecular weight excluding hydrogens is 268 g/mol. The molecule has 1 fully saturated rings. The van der Waals surface area contributed by atoms with Crippen LogP contribution in [0.25, 0.3) is 0 Å². The molecule has 0 bridgehead atoms. The zero-order chi connectivity index (χ0) is 14.4. The van der Waals surface area contributed by atoms with E-state index in [4.69, 9.17) is 0 Å². The van der Waals surface area contributed by atoms with Gasteiger partial charge in [0.2, 0.25) is 5.91 Å². The molecule has 0 saturated heterocycles. The van der Waals surface area contributed by atoms with Crippen LogP contribution in [0.1, 0.15) is 32.6 Å². The standard InChI is InChI=1S/C16H24N2OS/c1-12(19)18-14-6-8-15(9-7-14)20-11-10-13-4-3-5-16(13)17-2/h6-9,13,16-17H,3-5,10-11H2,1-2H3,(H,18,19). The maximum Gasteiger partial charge on any atom is 0.221 e. The lowest BCUT2D eigenvalue weighted by molar-refractivity contribution is -0.114. The molecule has 2 rings (SSSR count). The summed E-state index contributed by atoms with van der Waals surface area (Å²) in [4.78, 5) is 12.2. The zero-order valence-electron chi connectivity index (χ0n) is 12.3. The van der Waals surface area contributed by atoms with Gasteiger partial charge in [0.15, 0.2) is 0 Å². The lowest BCUT2D eigenvalue weighted by Gasteiger charge is -2.18. The number of benzene rings is 1. The second-order valence-electron chi connectivity index (χ2n) is 5.43. The van der Waals surface area contributed by atoms with Gasteiger partial charge in [-0.25, -0.2) is 0 Å². The molecule has 0 aromatic heterocycles. The Kier molecular flexibility index (Phi) is 5.92. The van der Waals surface area contributed by atoms with Gasteiger partial charge in [0.1, 0.15) is 0 Å². The highest BCUT2D eigenvalue weighted by molar-refractivity contribution is 7.99. The highest BCUT2D eigenvalue weighted by Crippen LogP contribution is 2.31. The minimum atomic E-state index is -0.0234. The van der Waals surface area contributed by atoms with Crippen LogP contribution in [0.15, 0.2) is 29.2 Å². The van der Waals surface area contributed by atoms with Crippen molar-refractivity contribution in [1.29, 1.82) is 0 Å². The van der Waals surface area contributed by atoms with E-state index in [-0.39, 0.29) is 5.91 Å². The number of thioether (sulfide) groups is 1. The summed E-state index contributed by atoms with van der Waals surface area (Å²) in [5.41, 5.74) is 0.868. The van der Waals surface area contributed by atoms with E-state index in [2.05, 4.69) is 29.8 Å². The van der Waals surface area contributed by atoms with Crippen LogP contribution in [0.3, 0.4) is 0 Å². The van der Waals surface area contributed by atoms with Crippen molar-refractivity contribution in [1.82, 2.24) is 5.32 Å². The zero-order valence-corrected chi connectivity index (χ0v) is 13.1. The SMILES string of the molecule is CNC1CCCC1CCSc1ccc(NC(C)=O)cc1. The third-order valence-corrected chi connectivity index (χ3v) is 5.01. The Balaban J connectivity index is 1.75. The summed E-state index contributed by atoms with van der Waals surface area (Å²) in [6, 6.07) is 8.82. The molecule has 0 radical (unpaired) electrons. The number of amides is 1. The van der Waals surface area contributed by atoms with Crippen LogP contribution in [0.5, 0.6) is 0 Å². The van der Waals surface area contributed by atoms with Crippen molar-refractivity contribution in [2.45, 2.75) is 43.5 Å². The minimum Gasteiger partial charge on any atom is -0.326 e. The van der Waals surface area contributed by atoms with E-state index < -0.39 is 0 Å². The Morgan fingerprint density at radius 2 is 2.05 bits per heavy atom. The van der Waals surface area contributed by atoms with Crippen molar-refractivity contribution in [3.8, 4) is 0 Å². The van der Waals surface area contributed by atoms with Gasteiger partial charge in [0.25, 0.3) is 0 Å². The number of carbonyl (C=O) groups excluding carboxylic acids is 1. The molecular formula is C16H24N2OS. The van der Waals surface area contributed by atoms with Crippen molar-refractivity contribution >= 4 is 23.4 Å². The quantitative estimate of drug-likeness (QED) is 0.788. The molecule has 110 valence electrons. The van der Waals surface area contributed by atoms with Crippen molar-refractivity contribution in [3.63, 3.8) is 0 Å². The Labute approximate surface area is 125 Å². The topological polar surface area (TPSA) is 41.1 Å². The molecule has 2 N–H and O–H groups in total. The van der Waals surface area contributed by atoms with Crippen LogP contribution in [0.4, 0.5) is 5.69 Å². The predicted octanol–water partition coefficient (Wildman–Crippen LogP) is 3.52. The van der Waals surface area contributed by atoms with Crippen molar-refractivity contribution in [2.75, 3.05) is 18.1 Å². The summed E-state index contributed by atoms with van der Waals surface area (Å²) < 4.78 is 0. The van der Waals surface area contributed by atoms with Gasteiger partial charge >= 0.3 is 0 Å². The fraction of sp³-hybridized carbons (Fsp3) is 0.562. The number of carbonyl (C=O) groups is 1. The van der Waals surface area contributed by atoms with Crippen LogP contribution < -0.4 is 10.6 Å². The van der Waals surface area contributed by atoms with Crippen LogP contribution in [-0.4, -0.2) is 24.7 Å². The van der Waals surface area contributed by atoms with E-state index >= 15 is 0 Å². The normalized spacial score (nSPS) is 21.9. The molecule has 1 saturated carbocycles. The molecule has 1 aliphatic carbocycles. The number of anilines is 1. The molecule has 0 aliphatic heterocycles. The molecule has 2 atom stereocenters. The number of hydrogen-bond donors (Lipinski definition) is 2. The second-order valence-corrected chi connectivity index (χ2v) is 6.60. The highest BCUT2D eigenvalue weighted by Gasteiger charge is 2.25. The first-order valence-electron chi connectivity index (χ1n) is 7.37. The number of hydrogen-bond acceptors (Lipinski definition) is 3. The second kappa shape index (κ2) is 7.70. The molecule has 3 nitrogen and oxygen atoms in total. The first-order valence-corrected chi connectivity index (χ1v) is 8.35. The average molecular weight is 292 g/mol. The molecule has 0 spiro atoms. The lowest BCUT2D eigenvalue weighted by atomic mass is 10.0. The first-order chi connectivity index (χ1) is 9.69. The molecule has 4 heteroatoms. The third-order valence-electron chi connectivity index (χ3n) is 3.96. The fourth-order valence-corrected chi connectivity index (χ4v) is 3.91. The van der Waals surface area contributed by atoms with E-state index in [0.29, 0.717) is 0 Å². The van der Waals surface area contributed by atoms with Crippen LogP contribution in [-0.2, 0) is 4.79 Å². The van der Waals surface area contributed by atoms with Gasteiger partial charge in [-0.1, -0.05) is 6.42 Å². The highest BCUT2D eigenvalue weighted by atomic mass is 32.2. The maximum absolute atomic E-state index is 11.0. The molecule has 1 aromatic carbocycles. The lowest BCUT2D eigenvalue weighted by Crippen LogP contribution is -2.29. The van der Waals surface area contributed by atoms with E-state index in [1.807, 2.05) is 23.9 Å². The van der Waals surface area contributed by atoms with E-state index in [1.54, 1.807) is 0 Å². The number of rotatable bonds is 6. The molecule has 1 aliphatic rings. The van der Waals surface area contributed by atoms with Gasteiger partial charge in [0, 0.05) is 23.5 Å². The number of nitrogens with one attached hydrogen (secondary N) is 2. The van der Waals surface area contributed by atoms with Crippen molar-refractivity contribution < 1.29 is 4.79 Å². The summed E-state index contributed by atoms with van der Waals surface area (Å²) in [5, 5.41) is 6.23. The maximum atomic E-state index is 11.0. The minimum absolute atomic E-state index is 0.0234. The Morgan fingerprint density at radius 3 is 2.70 bits per heavy atom. The van der Waals surface area contributed by atoms with Crippen LogP contribution >= 0.6 is 11.8 Å².